The molecule has 0 saturated heterocycles. The van der Waals surface area contributed by atoms with Crippen molar-refractivity contribution in [2.45, 2.75) is 0 Å². The Morgan fingerprint density at radius 3 is 3.25 bits per heavy atom. The molecule has 0 fully saturated rings. The summed E-state index contributed by atoms with van der Waals surface area (Å²) in [6, 6.07) is -1.17. The minimum atomic E-state index is -1.13. The minimum absolute atomic E-state index is 0.295. The van der Waals surface area contributed by atoms with Crippen molar-refractivity contribution in [3.8, 4) is 0 Å². The Hall–Kier alpha value is -0.630. The van der Waals surface area contributed by atoms with Crippen molar-refractivity contribution in [2.24, 2.45) is 0 Å². The molecule has 42 valence electrons. The monoisotopic (exact) mass is 134 g/mol. The van der Waals surface area contributed by atoms with Crippen LogP contribution in [0.2, 0.25) is 5.02 Å². The quantitative estimate of drug-likeness (QED) is 0.494. The number of hydrogen-bond donors (Lipinski definition) is 0. The molecule has 0 aliphatic carbocycles. The van der Waals surface area contributed by atoms with E-state index in [1.807, 2.05) is 0 Å². The third-order valence-electron chi connectivity index (χ3n) is 0.528. The number of rotatable bonds is 0. The molecule has 1 heterocycles. The molecule has 0 aliphatic rings. The molecule has 0 atom stereocenters. The molecule has 3 heteroatoms. The second kappa shape index (κ2) is 2.09. The number of aromatic nitrogens is 1. The van der Waals surface area contributed by atoms with Gasteiger partial charge in [-0.15, -0.1) is 0 Å². The van der Waals surface area contributed by atoms with Crippen molar-refractivity contribution in [3.05, 3.63) is 29.2 Å². The number of nitrogens with zero attached hydrogens (tertiary/aromatic N) is 1. The van der Waals surface area contributed by atoms with Crippen LogP contribution in [-0.2, 0) is 0 Å². The van der Waals surface area contributed by atoms with Gasteiger partial charge in [-0.3, -0.25) is 0 Å². The number of hydrogen-bond acceptors (Lipinski definition) is 1. The molecule has 0 radical (unpaired) electrons. The molecule has 0 saturated carbocycles. The zero-order chi connectivity index (χ0) is 8.59. The highest BCUT2D eigenvalue weighted by atomic mass is 35.5. The first-order chi connectivity index (χ1) is 5.04. The molecule has 1 aromatic heterocycles. The summed E-state index contributed by atoms with van der Waals surface area (Å²) < 4.78 is 33.2. The highest BCUT2D eigenvalue weighted by molar-refractivity contribution is 6.30. The van der Waals surface area contributed by atoms with Gasteiger partial charge in [0.15, 0.2) is 0 Å². The smallest absolute Gasteiger partial charge is 0.212 e. The van der Waals surface area contributed by atoms with Crippen LogP contribution in [0.1, 0.15) is 4.11 Å². The predicted molar refractivity (Wildman–Crippen MR) is 29.2 cm³/mol. The zero-order valence-corrected chi connectivity index (χ0v) is 4.46. The summed E-state index contributed by atoms with van der Waals surface area (Å²) >= 11 is 5.33. The number of halogens is 2. The third kappa shape index (κ3) is 1.17. The summed E-state index contributed by atoms with van der Waals surface area (Å²) in [5.41, 5.74) is 0. The van der Waals surface area contributed by atoms with Gasteiger partial charge in [0, 0.05) is 6.17 Å². The highest BCUT2D eigenvalue weighted by Crippen LogP contribution is 2.03. The highest BCUT2D eigenvalue weighted by Gasteiger charge is 1.86. The Bertz CT molecular complexity index is 278. The van der Waals surface area contributed by atoms with Crippen molar-refractivity contribution in [1.29, 1.82) is 0 Å². The fourth-order valence-electron chi connectivity index (χ4n) is 0.261. The van der Waals surface area contributed by atoms with Gasteiger partial charge < -0.3 is 0 Å². The van der Waals surface area contributed by atoms with Gasteiger partial charge in [0.2, 0.25) is 5.95 Å². The van der Waals surface area contributed by atoms with Crippen LogP contribution in [0.4, 0.5) is 4.39 Å². The Balaban J connectivity index is 3.46. The minimum Gasteiger partial charge on any atom is -0.227 e. The first-order valence-corrected chi connectivity index (χ1v) is 2.20. The van der Waals surface area contributed by atoms with Crippen molar-refractivity contribution in [2.75, 3.05) is 0 Å². The maximum Gasteiger partial charge on any atom is 0.212 e. The Morgan fingerprint density at radius 2 is 2.50 bits per heavy atom. The SMILES string of the molecule is [2H]c1nc(F)c([2H])c([2H])c1Cl. The summed E-state index contributed by atoms with van der Waals surface area (Å²) in [5.74, 6) is -1.13. The predicted octanol–water partition coefficient (Wildman–Crippen LogP) is 1.87. The van der Waals surface area contributed by atoms with Gasteiger partial charge in [-0.1, -0.05) is 11.6 Å². The van der Waals surface area contributed by atoms with E-state index in [0.29, 0.717) is 0 Å². The fraction of sp³-hybridized carbons (Fsp3) is 0. The van der Waals surface area contributed by atoms with E-state index in [2.05, 4.69) is 4.98 Å². The molecule has 0 amide bonds. The van der Waals surface area contributed by atoms with Crippen molar-refractivity contribution < 1.29 is 8.50 Å². The molecule has 1 rings (SSSR count). The molecule has 0 bridgehead atoms. The summed E-state index contributed by atoms with van der Waals surface area (Å²) in [5, 5.41) is -0.295. The zero-order valence-electron chi connectivity index (χ0n) is 6.70. The Kier molecular flexibility index (Phi) is 0.727. The molecule has 8 heavy (non-hydrogen) atoms. The molecule has 1 nitrogen and oxygen atoms in total. The number of pyridine rings is 1. The summed E-state index contributed by atoms with van der Waals surface area (Å²) in [4.78, 5) is 2.99. The largest absolute Gasteiger partial charge is 0.227 e. The van der Waals surface area contributed by atoms with E-state index in [9.17, 15) is 4.39 Å². The van der Waals surface area contributed by atoms with Gasteiger partial charge in [-0.25, -0.2) is 4.98 Å². The van der Waals surface area contributed by atoms with E-state index in [1.54, 1.807) is 0 Å². The van der Waals surface area contributed by atoms with Crippen LogP contribution < -0.4 is 0 Å². The molecule has 0 aliphatic heterocycles. The summed E-state index contributed by atoms with van der Waals surface area (Å²) in [6.45, 7) is 0. The molecular weight excluding hydrogens is 129 g/mol. The summed E-state index contributed by atoms with van der Waals surface area (Å²) in [6.07, 6.45) is -0.509. The average molecular weight is 135 g/mol. The van der Waals surface area contributed by atoms with Crippen molar-refractivity contribution in [1.82, 2.24) is 4.98 Å². The fourth-order valence-corrected chi connectivity index (χ4v) is 0.350. The van der Waals surface area contributed by atoms with Crippen molar-refractivity contribution >= 4 is 11.6 Å². The second-order valence-corrected chi connectivity index (χ2v) is 1.46. The van der Waals surface area contributed by atoms with Crippen LogP contribution >= 0.6 is 11.6 Å². The topological polar surface area (TPSA) is 12.9 Å². The standard InChI is InChI=1S/C5H3ClFN/c6-4-1-2-5(7)8-3-4/h1-3H/i1D,2D,3D. The van der Waals surface area contributed by atoms with Gasteiger partial charge >= 0.3 is 0 Å². The van der Waals surface area contributed by atoms with Crippen LogP contribution in [-0.4, -0.2) is 4.98 Å². The van der Waals surface area contributed by atoms with Gasteiger partial charge in [0.25, 0.3) is 0 Å². The van der Waals surface area contributed by atoms with Crippen LogP contribution in [0.5, 0.6) is 0 Å². The molecule has 0 spiro atoms. The Labute approximate surface area is 55.3 Å². The first kappa shape index (κ1) is 2.78. The van der Waals surface area contributed by atoms with Crippen molar-refractivity contribution in [3.63, 3.8) is 0 Å². The molecule has 0 N–H and O–H groups in total. The van der Waals surface area contributed by atoms with Crippen LogP contribution in [0, 0.1) is 5.95 Å². The Morgan fingerprint density at radius 1 is 1.75 bits per heavy atom. The lowest BCUT2D eigenvalue weighted by molar-refractivity contribution is 0.584. The summed E-state index contributed by atoms with van der Waals surface area (Å²) in [7, 11) is 0. The van der Waals surface area contributed by atoms with Gasteiger partial charge in [-0.05, 0) is 12.1 Å². The average Bonchev–Trinajstić information content (AvgIpc) is 1.97. The van der Waals surface area contributed by atoms with E-state index < -0.39 is 24.2 Å². The van der Waals surface area contributed by atoms with Gasteiger partial charge in [-0.2, -0.15) is 4.39 Å². The second-order valence-electron chi connectivity index (χ2n) is 1.08. The molecule has 1 aromatic rings. The van der Waals surface area contributed by atoms with Crippen LogP contribution in [0.25, 0.3) is 0 Å². The lowest BCUT2D eigenvalue weighted by atomic mass is 10.5. The van der Waals surface area contributed by atoms with E-state index in [0.717, 1.165) is 0 Å². The lowest BCUT2D eigenvalue weighted by Gasteiger charge is -1.84. The van der Waals surface area contributed by atoms with E-state index in [-0.39, 0.29) is 5.02 Å². The molecule has 0 aromatic carbocycles. The lowest BCUT2D eigenvalue weighted by Crippen LogP contribution is -1.76. The van der Waals surface area contributed by atoms with Crippen LogP contribution in [0.3, 0.4) is 0 Å². The van der Waals surface area contributed by atoms with Crippen LogP contribution in [0.15, 0.2) is 18.3 Å². The van der Waals surface area contributed by atoms with Gasteiger partial charge in [0.05, 0.1) is 9.13 Å². The van der Waals surface area contributed by atoms with Gasteiger partial charge in [0.1, 0.15) is 0 Å². The molecule has 0 unspecified atom stereocenters. The maximum absolute atomic E-state index is 12.4. The maximum atomic E-state index is 12.4. The van der Waals surface area contributed by atoms with E-state index >= 15 is 0 Å². The molecular formula is C5H3ClFN. The third-order valence-corrected chi connectivity index (χ3v) is 0.707. The van der Waals surface area contributed by atoms with E-state index in [4.69, 9.17) is 15.7 Å². The normalized spacial score (nSPS) is 14.5. The first-order valence-electron chi connectivity index (χ1n) is 3.33. The van der Waals surface area contributed by atoms with E-state index in [1.165, 1.54) is 0 Å².